The summed E-state index contributed by atoms with van der Waals surface area (Å²) in [5.74, 6) is -0.281. The highest BCUT2D eigenvalue weighted by Gasteiger charge is 2.29. The van der Waals surface area contributed by atoms with Crippen molar-refractivity contribution in [2.24, 2.45) is 5.10 Å². The first-order valence-electron chi connectivity index (χ1n) is 10.5. The molecule has 1 N–H and O–H groups in total. The van der Waals surface area contributed by atoms with E-state index in [1.807, 2.05) is 79.1 Å². The Labute approximate surface area is 196 Å². The molecule has 33 heavy (non-hydrogen) atoms. The SMILES string of the molecule is CSc1ccc(C=NNC(=O)c2ccc(CN3C(=O)c4cccc5cccc3c45)cc2)cc1. The number of rotatable bonds is 6. The molecule has 4 aromatic carbocycles. The number of nitrogens with zero attached hydrogens (tertiary/aromatic N) is 2. The summed E-state index contributed by atoms with van der Waals surface area (Å²) in [5, 5.41) is 6.11. The first-order valence-corrected chi connectivity index (χ1v) is 11.8. The van der Waals surface area contributed by atoms with Crippen LogP contribution >= 0.6 is 11.8 Å². The molecule has 0 saturated carbocycles. The monoisotopic (exact) mass is 451 g/mol. The van der Waals surface area contributed by atoms with Crippen LogP contribution in [0.4, 0.5) is 5.69 Å². The molecule has 0 atom stereocenters. The van der Waals surface area contributed by atoms with E-state index >= 15 is 0 Å². The van der Waals surface area contributed by atoms with Gasteiger partial charge in [0, 0.05) is 21.4 Å². The van der Waals surface area contributed by atoms with Crippen molar-refractivity contribution in [1.82, 2.24) is 5.43 Å². The van der Waals surface area contributed by atoms with Gasteiger partial charge < -0.3 is 4.90 Å². The fourth-order valence-corrected chi connectivity index (χ4v) is 4.41. The van der Waals surface area contributed by atoms with Crippen molar-refractivity contribution in [3.63, 3.8) is 0 Å². The van der Waals surface area contributed by atoms with Gasteiger partial charge in [-0.05, 0) is 59.2 Å². The summed E-state index contributed by atoms with van der Waals surface area (Å²) < 4.78 is 0. The molecule has 0 fully saturated rings. The van der Waals surface area contributed by atoms with Crippen LogP contribution in [-0.2, 0) is 6.54 Å². The fourth-order valence-electron chi connectivity index (χ4n) is 4.00. The van der Waals surface area contributed by atoms with Crippen LogP contribution < -0.4 is 10.3 Å². The summed E-state index contributed by atoms with van der Waals surface area (Å²) in [6, 6.07) is 27.0. The summed E-state index contributed by atoms with van der Waals surface area (Å²) in [7, 11) is 0. The van der Waals surface area contributed by atoms with Gasteiger partial charge in [-0.3, -0.25) is 9.59 Å². The lowest BCUT2D eigenvalue weighted by molar-refractivity contribution is 0.0953. The topological polar surface area (TPSA) is 61.8 Å². The molecule has 162 valence electrons. The molecular weight excluding hydrogens is 430 g/mol. The van der Waals surface area contributed by atoms with Gasteiger partial charge in [-0.2, -0.15) is 5.10 Å². The van der Waals surface area contributed by atoms with Crippen LogP contribution in [0.25, 0.3) is 10.8 Å². The van der Waals surface area contributed by atoms with E-state index in [0.717, 1.165) is 33.2 Å². The van der Waals surface area contributed by atoms with E-state index in [4.69, 9.17) is 0 Å². The van der Waals surface area contributed by atoms with Crippen LogP contribution in [0.1, 0.15) is 31.8 Å². The van der Waals surface area contributed by atoms with Gasteiger partial charge in [0.2, 0.25) is 0 Å². The maximum absolute atomic E-state index is 13.0. The Morgan fingerprint density at radius 1 is 0.970 bits per heavy atom. The molecule has 5 rings (SSSR count). The van der Waals surface area contributed by atoms with E-state index in [1.54, 1.807) is 35.0 Å². The quantitative estimate of drug-likeness (QED) is 0.240. The van der Waals surface area contributed by atoms with Gasteiger partial charge in [-0.25, -0.2) is 5.43 Å². The number of hydrazone groups is 1. The molecule has 0 aliphatic carbocycles. The summed E-state index contributed by atoms with van der Waals surface area (Å²) in [5.41, 5.74) is 6.59. The highest BCUT2D eigenvalue weighted by Crippen LogP contribution is 2.37. The first-order chi connectivity index (χ1) is 16.1. The third kappa shape index (κ3) is 4.13. The van der Waals surface area contributed by atoms with E-state index in [2.05, 4.69) is 10.5 Å². The third-order valence-corrected chi connectivity index (χ3v) is 6.44. The van der Waals surface area contributed by atoms with Gasteiger partial charge in [0.1, 0.15) is 0 Å². The second kappa shape index (κ2) is 8.92. The molecule has 0 bridgehead atoms. The van der Waals surface area contributed by atoms with Crippen LogP contribution in [0.3, 0.4) is 0 Å². The molecule has 1 aliphatic rings. The van der Waals surface area contributed by atoms with Gasteiger partial charge in [0.05, 0.1) is 18.4 Å². The zero-order valence-electron chi connectivity index (χ0n) is 18.0. The van der Waals surface area contributed by atoms with Crippen LogP contribution in [0, 0.1) is 0 Å². The second-order valence-corrected chi connectivity index (χ2v) is 8.62. The predicted molar refractivity (Wildman–Crippen MR) is 134 cm³/mol. The number of amides is 2. The number of thioether (sulfide) groups is 1. The van der Waals surface area contributed by atoms with Gasteiger partial charge in [0.25, 0.3) is 11.8 Å². The van der Waals surface area contributed by atoms with Gasteiger partial charge in [-0.1, -0.05) is 48.5 Å². The van der Waals surface area contributed by atoms with Gasteiger partial charge in [-0.15, -0.1) is 11.8 Å². The number of anilines is 1. The average molecular weight is 452 g/mol. The number of carbonyl (C=O) groups excluding carboxylic acids is 2. The van der Waals surface area contributed by atoms with Crippen molar-refractivity contribution in [2.45, 2.75) is 11.4 Å². The Morgan fingerprint density at radius 2 is 1.70 bits per heavy atom. The third-order valence-electron chi connectivity index (χ3n) is 5.70. The minimum absolute atomic E-state index is 0.00326. The molecule has 1 heterocycles. The molecule has 5 nitrogen and oxygen atoms in total. The van der Waals surface area contributed by atoms with Crippen molar-refractivity contribution in [3.8, 4) is 0 Å². The van der Waals surface area contributed by atoms with E-state index in [-0.39, 0.29) is 11.8 Å². The minimum atomic E-state index is -0.284. The molecular formula is C27H21N3O2S. The largest absolute Gasteiger partial charge is 0.303 e. The second-order valence-electron chi connectivity index (χ2n) is 7.74. The van der Waals surface area contributed by atoms with E-state index < -0.39 is 0 Å². The van der Waals surface area contributed by atoms with E-state index in [1.165, 1.54) is 4.90 Å². The maximum Gasteiger partial charge on any atom is 0.271 e. The summed E-state index contributed by atoms with van der Waals surface area (Å²) in [4.78, 5) is 28.4. The first kappa shape index (κ1) is 21.0. The molecule has 0 saturated heterocycles. The molecule has 6 heteroatoms. The molecule has 0 spiro atoms. The van der Waals surface area contributed by atoms with Crippen molar-refractivity contribution in [3.05, 3.63) is 107 Å². The van der Waals surface area contributed by atoms with Gasteiger partial charge in [0.15, 0.2) is 0 Å². The standard InChI is InChI=1S/C27H21N3O2S/c1-33-22-14-10-18(11-15-22)16-28-29-26(31)21-12-8-19(9-13-21)17-30-24-7-3-5-20-4-2-6-23(25(20)24)27(30)32/h2-16H,17H2,1H3,(H,29,31). The Hall–Kier alpha value is -3.90. The highest BCUT2D eigenvalue weighted by atomic mass is 32.2. The smallest absolute Gasteiger partial charge is 0.271 e. The van der Waals surface area contributed by atoms with Crippen LogP contribution in [0.5, 0.6) is 0 Å². The summed E-state index contributed by atoms with van der Waals surface area (Å²) >= 11 is 1.67. The normalized spacial score (nSPS) is 12.6. The van der Waals surface area contributed by atoms with Crippen molar-refractivity contribution >= 4 is 46.3 Å². The number of hydrogen-bond acceptors (Lipinski definition) is 4. The Morgan fingerprint density at radius 3 is 2.42 bits per heavy atom. The number of benzene rings is 4. The average Bonchev–Trinajstić information content (AvgIpc) is 3.13. The Balaban J connectivity index is 1.25. The number of carbonyl (C=O) groups is 2. The lowest BCUT2D eigenvalue weighted by atomic mass is 10.1. The van der Waals surface area contributed by atoms with Crippen molar-refractivity contribution < 1.29 is 9.59 Å². The minimum Gasteiger partial charge on any atom is -0.303 e. The Kier molecular flexibility index (Phi) is 5.67. The lowest BCUT2D eigenvalue weighted by Crippen LogP contribution is -2.26. The molecule has 1 aliphatic heterocycles. The molecule has 0 unspecified atom stereocenters. The molecule has 0 radical (unpaired) electrons. The van der Waals surface area contributed by atoms with E-state index in [0.29, 0.717) is 12.1 Å². The highest BCUT2D eigenvalue weighted by molar-refractivity contribution is 7.98. The van der Waals surface area contributed by atoms with Crippen molar-refractivity contribution in [2.75, 3.05) is 11.2 Å². The van der Waals surface area contributed by atoms with Crippen LogP contribution in [0.2, 0.25) is 0 Å². The summed E-state index contributed by atoms with van der Waals surface area (Å²) in [6.45, 7) is 0.443. The van der Waals surface area contributed by atoms with Gasteiger partial charge >= 0.3 is 0 Å². The zero-order valence-corrected chi connectivity index (χ0v) is 18.8. The van der Waals surface area contributed by atoms with E-state index in [9.17, 15) is 9.59 Å². The van der Waals surface area contributed by atoms with Crippen LogP contribution in [0.15, 0.2) is 94.9 Å². The molecule has 4 aromatic rings. The van der Waals surface area contributed by atoms with Crippen LogP contribution in [-0.4, -0.2) is 24.3 Å². The molecule has 2 amide bonds. The number of hydrogen-bond donors (Lipinski definition) is 1. The lowest BCUT2D eigenvalue weighted by Gasteiger charge is -2.18. The predicted octanol–water partition coefficient (Wildman–Crippen LogP) is 5.49. The maximum atomic E-state index is 13.0. The number of nitrogens with one attached hydrogen (secondary N) is 1. The Bertz CT molecular complexity index is 1370. The fraction of sp³-hybridized carbons (Fsp3) is 0.0741. The van der Waals surface area contributed by atoms with Crippen molar-refractivity contribution in [1.29, 1.82) is 0 Å². The molecule has 0 aromatic heterocycles. The summed E-state index contributed by atoms with van der Waals surface area (Å²) in [6.07, 6.45) is 3.64. The zero-order chi connectivity index (χ0) is 22.8.